The molecule has 10 nitrogen and oxygen atoms in total. The van der Waals surface area contributed by atoms with Crippen molar-refractivity contribution < 1.29 is 14.1 Å². The van der Waals surface area contributed by atoms with Crippen LogP contribution in [0.3, 0.4) is 0 Å². The van der Waals surface area contributed by atoms with Crippen LogP contribution in [-0.2, 0) is 16.1 Å². The van der Waals surface area contributed by atoms with Gasteiger partial charge in [0.15, 0.2) is 0 Å². The number of carbonyl (C=O) groups is 1. The monoisotopic (exact) mass is 443 g/mol. The van der Waals surface area contributed by atoms with Gasteiger partial charge in [-0.3, -0.25) is 4.79 Å². The lowest BCUT2D eigenvalue weighted by Gasteiger charge is -2.26. The molecule has 1 aliphatic heterocycles. The minimum atomic E-state index is 0.107. The van der Waals surface area contributed by atoms with E-state index in [0.717, 1.165) is 27.5 Å². The van der Waals surface area contributed by atoms with Crippen molar-refractivity contribution in [2.45, 2.75) is 13.0 Å². The molecule has 166 valence electrons. The topological polar surface area (TPSA) is 115 Å². The smallest absolute Gasteiger partial charge is 0.258 e. The summed E-state index contributed by atoms with van der Waals surface area (Å²) in [6, 6.07) is 13.6. The molecule has 6 rings (SSSR count). The van der Waals surface area contributed by atoms with E-state index >= 15 is 0 Å². The molecule has 0 unspecified atom stereocenters. The second-order valence-electron chi connectivity index (χ2n) is 7.93. The largest absolute Gasteiger partial charge is 0.378 e. The van der Waals surface area contributed by atoms with E-state index in [1.165, 1.54) is 0 Å². The maximum atomic E-state index is 12.4. The van der Waals surface area contributed by atoms with E-state index in [0.29, 0.717) is 56.5 Å². The van der Waals surface area contributed by atoms with Crippen molar-refractivity contribution in [3.05, 3.63) is 48.7 Å². The zero-order valence-electron chi connectivity index (χ0n) is 17.8. The lowest BCUT2D eigenvalue weighted by molar-refractivity contribution is -0.135. The molecule has 1 saturated heterocycles. The Morgan fingerprint density at radius 1 is 1.12 bits per heavy atom. The number of aromatic nitrogens is 6. The number of aryl methyl sites for hydroxylation is 1. The first-order chi connectivity index (χ1) is 16.3. The summed E-state index contributed by atoms with van der Waals surface area (Å²) in [6.07, 6.45) is 2.26. The zero-order chi connectivity index (χ0) is 22.2. The Hall–Kier alpha value is -4.05. The molecule has 1 N–H and O–H groups in total. The van der Waals surface area contributed by atoms with E-state index in [1.54, 1.807) is 4.68 Å². The van der Waals surface area contributed by atoms with Crippen molar-refractivity contribution in [2.75, 3.05) is 26.3 Å². The molecule has 5 aromatic rings. The molecule has 0 radical (unpaired) electrons. The average molecular weight is 443 g/mol. The van der Waals surface area contributed by atoms with Gasteiger partial charge in [0.05, 0.1) is 25.3 Å². The number of aromatic amines is 1. The summed E-state index contributed by atoms with van der Waals surface area (Å²) in [7, 11) is 0. The van der Waals surface area contributed by atoms with Crippen molar-refractivity contribution in [1.82, 2.24) is 35.0 Å². The predicted octanol–water partition coefficient (Wildman–Crippen LogP) is 2.88. The molecule has 0 saturated carbocycles. The summed E-state index contributed by atoms with van der Waals surface area (Å²) < 4.78 is 12.6. The fourth-order valence-corrected chi connectivity index (χ4v) is 4.17. The number of hydrogen-bond donors (Lipinski definition) is 1. The van der Waals surface area contributed by atoms with Gasteiger partial charge >= 0.3 is 0 Å². The van der Waals surface area contributed by atoms with E-state index in [2.05, 4.69) is 25.4 Å². The summed E-state index contributed by atoms with van der Waals surface area (Å²) in [4.78, 5) is 22.1. The van der Waals surface area contributed by atoms with Crippen molar-refractivity contribution in [3.8, 4) is 22.8 Å². The van der Waals surface area contributed by atoms with E-state index in [-0.39, 0.29) is 5.91 Å². The van der Waals surface area contributed by atoms with Gasteiger partial charge in [0, 0.05) is 47.7 Å². The van der Waals surface area contributed by atoms with Gasteiger partial charge in [-0.2, -0.15) is 4.98 Å². The number of nitrogens with zero attached hydrogens (tertiary/aromatic N) is 6. The van der Waals surface area contributed by atoms with Crippen LogP contribution >= 0.6 is 0 Å². The summed E-state index contributed by atoms with van der Waals surface area (Å²) in [6.45, 7) is 2.95. The molecule has 1 amide bonds. The summed E-state index contributed by atoms with van der Waals surface area (Å²) in [5.74, 6) is 1.05. The number of ether oxygens (including phenoxy) is 1. The molecule has 1 aliphatic rings. The highest BCUT2D eigenvalue weighted by Crippen LogP contribution is 2.29. The fourth-order valence-electron chi connectivity index (χ4n) is 4.17. The number of fused-ring (bicyclic) bond motifs is 2. The number of nitrogens with one attached hydrogen (secondary N) is 1. The molecule has 3 aromatic heterocycles. The van der Waals surface area contributed by atoms with Crippen molar-refractivity contribution in [2.24, 2.45) is 0 Å². The van der Waals surface area contributed by atoms with Gasteiger partial charge in [-0.15, -0.1) is 5.10 Å². The quantitative estimate of drug-likeness (QED) is 0.444. The molecule has 0 aliphatic carbocycles. The number of rotatable bonds is 5. The molecule has 0 spiro atoms. The van der Waals surface area contributed by atoms with Gasteiger partial charge in [-0.25, -0.2) is 4.68 Å². The Balaban J connectivity index is 1.22. The van der Waals surface area contributed by atoms with Crippen LogP contribution in [0.15, 0.2) is 53.2 Å². The number of hydrogen-bond acceptors (Lipinski definition) is 7. The minimum Gasteiger partial charge on any atom is -0.378 e. The third-order valence-corrected chi connectivity index (χ3v) is 5.92. The van der Waals surface area contributed by atoms with Crippen LogP contribution in [0.1, 0.15) is 6.42 Å². The highest BCUT2D eigenvalue weighted by molar-refractivity contribution is 5.93. The Morgan fingerprint density at radius 3 is 2.94 bits per heavy atom. The first-order valence-corrected chi connectivity index (χ1v) is 10.9. The first-order valence-electron chi connectivity index (χ1n) is 10.9. The van der Waals surface area contributed by atoms with E-state index in [4.69, 9.17) is 9.26 Å². The summed E-state index contributed by atoms with van der Waals surface area (Å²) in [5.41, 5.74) is 4.25. The van der Waals surface area contributed by atoms with Gasteiger partial charge in [0.1, 0.15) is 5.52 Å². The molecular weight excluding hydrogens is 422 g/mol. The van der Waals surface area contributed by atoms with Gasteiger partial charge in [0.2, 0.25) is 11.7 Å². The van der Waals surface area contributed by atoms with Crippen LogP contribution in [0.4, 0.5) is 0 Å². The van der Waals surface area contributed by atoms with Crippen molar-refractivity contribution >= 4 is 27.8 Å². The zero-order valence-corrected chi connectivity index (χ0v) is 17.8. The first kappa shape index (κ1) is 19.6. The Labute approximate surface area is 188 Å². The molecule has 0 bridgehead atoms. The maximum Gasteiger partial charge on any atom is 0.258 e. The SMILES string of the molecule is O=C(CCn1nnc2cc(-c3noc(-c4cccc5[nH]ccc45)n3)ccc21)N1CCOCC1. The summed E-state index contributed by atoms with van der Waals surface area (Å²) >= 11 is 0. The maximum absolute atomic E-state index is 12.4. The number of carbonyl (C=O) groups excluding carboxylic acids is 1. The predicted molar refractivity (Wildman–Crippen MR) is 120 cm³/mol. The third kappa shape index (κ3) is 3.64. The third-order valence-electron chi connectivity index (χ3n) is 5.92. The van der Waals surface area contributed by atoms with E-state index in [1.807, 2.05) is 53.6 Å². The van der Waals surface area contributed by atoms with Gasteiger partial charge in [-0.05, 0) is 36.4 Å². The Bertz CT molecular complexity index is 1440. The highest BCUT2D eigenvalue weighted by atomic mass is 16.5. The van der Waals surface area contributed by atoms with Gasteiger partial charge < -0.3 is 19.1 Å². The van der Waals surface area contributed by atoms with Crippen LogP contribution < -0.4 is 0 Å². The highest BCUT2D eigenvalue weighted by Gasteiger charge is 2.18. The fraction of sp³-hybridized carbons (Fsp3) is 0.261. The Morgan fingerprint density at radius 2 is 2.03 bits per heavy atom. The second kappa shape index (κ2) is 8.14. The Kier molecular flexibility index (Phi) is 4.84. The molecule has 10 heteroatoms. The normalized spacial score (nSPS) is 14.4. The molecular formula is C23H21N7O3. The van der Waals surface area contributed by atoms with Crippen LogP contribution in [-0.4, -0.2) is 67.2 Å². The van der Waals surface area contributed by atoms with Crippen LogP contribution in [0.5, 0.6) is 0 Å². The number of benzene rings is 2. The lowest BCUT2D eigenvalue weighted by Crippen LogP contribution is -2.41. The standard InChI is InChI=1S/C23H21N7O3/c31-21(29-10-12-32-13-11-29)7-9-30-20-5-4-15(14-19(20)26-28-30)22-25-23(33-27-22)17-2-1-3-18-16(17)6-8-24-18/h1-6,8,14,24H,7,9-13H2. The van der Waals surface area contributed by atoms with Crippen LogP contribution in [0.2, 0.25) is 0 Å². The summed E-state index contributed by atoms with van der Waals surface area (Å²) in [5, 5.41) is 13.7. The van der Waals surface area contributed by atoms with Crippen molar-refractivity contribution in [3.63, 3.8) is 0 Å². The minimum absolute atomic E-state index is 0.107. The van der Waals surface area contributed by atoms with E-state index < -0.39 is 0 Å². The molecule has 4 heterocycles. The second-order valence-corrected chi connectivity index (χ2v) is 7.93. The van der Waals surface area contributed by atoms with Crippen LogP contribution in [0, 0.1) is 0 Å². The average Bonchev–Trinajstić information content (AvgIpc) is 3.62. The van der Waals surface area contributed by atoms with Gasteiger partial charge in [-0.1, -0.05) is 16.4 Å². The lowest BCUT2D eigenvalue weighted by atomic mass is 10.1. The molecule has 1 fully saturated rings. The van der Waals surface area contributed by atoms with Crippen molar-refractivity contribution in [1.29, 1.82) is 0 Å². The van der Waals surface area contributed by atoms with Crippen LogP contribution in [0.25, 0.3) is 44.8 Å². The molecule has 2 aromatic carbocycles. The number of amides is 1. The number of morpholine rings is 1. The number of H-pyrrole nitrogens is 1. The van der Waals surface area contributed by atoms with E-state index in [9.17, 15) is 4.79 Å². The van der Waals surface area contributed by atoms with Gasteiger partial charge in [0.25, 0.3) is 5.89 Å². The molecule has 0 atom stereocenters. The molecule has 33 heavy (non-hydrogen) atoms.